The Morgan fingerprint density at radius 2 is 2.00 bits per heavy atom. The van der Waals surface area contributed by atoms with Gasteiger partial charge in [-0.1, -0.05) is 33.1 Å². The maximum atomic E-state index is 11.3. The molecule has 0 saturated heterocycles. The molecule has 0 N–H and O–H groups in total. The van der Waals surface area contributed by atoms with Crippen LogP contribution in [-0.2, 0) is 9.53 Å². The standard InChI is InChI=1S/C13H27NO2/c1-5-7-8-12(6-2)11-16-10-9-13(15)14(3)4/h12H,5-11H2,1-4H3. The van der Waals surface area contributed by atoms with E-state index in [0.717, 1.165) is 6.61 Å². The first-order chi connectivity index (χ1) is 7.61. The monoisotopic (exact) mass is 229 g/mol. The highest BCUT2D eigenvalue weighted by Crippen LogP contribution is 2.12. The molecule has 0 aliphatic carbocycles. The first-order valence-corrected chi connectivity index (χ1v) is 6.39. The van der Waals surface area contributed by atoms with E-state index in [1.807, 2.05) is 0 Å². The van der Waals surface area contributed by atoms with Crippen molar-refractivity contribution in [3.05, 3.63) is 0 Å². The van der Waals surface area contributed by atoms with E-state index in [1.165, 1.54) is 25.7 Å². The molecule has 1 amide bonds. The minimum Gasteiger partial charge on any atom is -0.381 e. The molecule has 0 aliphatic rings. The van der Waals surface area contributed by atoms with E-state index in [0.29, 0.717) is 18.9 Å². The average molecular weight is 229 g/mol. The van der Waals surface area contributed by atoms with Gasteiger partial charge in [-0.2, -0.15) is 0 Å². The van der Waals surface area contributed by atoms with Crippen molar-refractivity contribution in [2.75, 3.05) is 27.3 Å². The summed E-state index contributed by atoms with van der Waals surface area (Å²) in [5, 5.41) is 0. The normalized spacial score (nSPS) is 12.5. The van der Waals surface area contributed by atoms with Crippen molar-refractivity contribution in [1.29, 1.82) is 0 Å². The topological polar surface area (TPSA) is 29.5 Å². The first kappa shape index (κ1) is 15.4. The Morgan fingerprint density at radius 3 is 2.50 bits per heavy atom. The second kappa shape index (κ2) is 9.64. The number of ether oxygens (including phenoxy) is 1. The summed E-state index contributed by atoms with van der Waals surface area (Å²) in [6.45, 7) is 5.77. The average Bonchev–Trinajstić information content (AvgIpc) is 2.27. The molecule has 0 fully saturated rings. The molecule has 16 heavy (non-hydrogen) atoms. The van der Waals surface area contributed by atoms with Crippen LogP contribution in [0.3, 0.4) is 0 Å². The molecule has 3 heteroatoms. The van der Waals surface area contributed by atoms with E-state index in [1.54, 1.807) is 19.0 Å². The molecule has 0 spiro atoms. The molecule has 0 aromatic carbocycles. The molecule has 0 radical (unpaired) electrons. The number of amides is 1. The van der Waals surface area contributed by atoms with Gasteiger partial charge < -0.3 is 9.64 Å². The van der Waals surface area contributed by atoms with E-state index in [2.05, 4.69) is 13.8 Å². The van der Waals surface area contributed by atoms with Gasteiger partial charge in [0.25, 0.3) is 0 Å². The van der Waals surface area contributed by atoms with Crippen LogP contribution < -0.4 is 0 Å². The Morgan fingerprint density at radius 1 is 1.31 bits per heavy atom. The zero-order valence-corrected chi connectivity index (χ0v) is 11.3. The van der Waals surface area contributed by atoms with E-state index in [9.17, 15) is 4.79 Å². The van der Waals surface area contributed by atoms with Crippen LogP contribution in [0.15, 0.2) is 0 Å². The Bertz CT molecular complexity index is 181. The molecule has 0 aliphatic heterocycles. The van der Waals surface area contributed by atoms with E-state index in [4.69, 9.17) is 4.74 Å². The van der Waals surface area contributed by atoms with E-state index >= 15 is 0 Å². The molecule has 0 heterocycles. The van der Waals surface area contributed by atoms with Gasteiger partial charge in [-0.15, -0.1) is 0 Å². The lowest BCUT2D eigenvalue weighted by Gasteiger charge is -2.15. The van der Waals surface area contributed by atoms with E-state index in [-0.39, 0.29) is 5.91 Å². The first-order valence-electron chi connectivity index (χ1n) is 6.39. The third-order valence-electron chi connectivity index (χ3n) is 2.86. The fraction of sp³-hybridized carbons (Fsp3) is 0.923. The van der Waals surface area contributed by atoms with Crippen molar-refractivity contribution < 1.29 is 9.53 Å². The summed E-state index contributed by atoms with van der Waals surface area (Å²) in [6, 6.07) is 0. The number of carbonyl (C=O) groups excluding carboxylic acids is 1. The van der Waals surface area contributed by atoms with Crippen LogP contribution in [0.25, 0.3) is 0 Å². The molecule has 0 rings (SSSR count). The Balaban J connectivity index is 3.51. The number of carbonyl (C=O) groups is 1. The van der Waals surface area contributed by atoms with Crippen molar-refractivity contribution in [3.63, 3.8) is 0 Å². The maximum absolute atomic E-state index is 11.3. The summed E-state index contributed by atoms with van der Waals surface area (Å²) in [5.74, 6) is 0.802. The van der Waals surface area contributed by atoms with Crippen molar-refractivity contribution in [2.45, 2.75) is 46.0 Å². The second-order valence-corrected chi connectivity index (χ2v) is 4.53. The third kappa shape index (κ3) is 7.69. The minimum atomic E-state index is 0.140. The Labute approximate surface area is 100 Å². The van der Waals surface area contributed by atoms with E-state index < -0.39 is 0 Å². The van der Waals surface area contributed by atoms with Crippen molar-refractivity contribution in [1.82, 2.24) is 4.90 Å². The lowest BCUT2D eigenvalue weighted by molar-refractivity contribution is -0.129. The van der Waals surface area contributed by atoms with Crippen LogP contribution in [0, 0.1) is 5.92 Å². The van der Waals surface area contributed by atoms with Gasteiger partial charge in [0.15, 0.2) is 0 Å². The zero-order valence-electron chi connectivity index (χ0n) is 11.3. The van der Waals surface area contributed by atoms with Gasteiger partial charge >= 0.3 is 0 Å². The fourth-order valence-electron chi connectivity index (χ4n) is 1.53. The molecule has 1 unspecified atom stereocenters. The van der Waals surface area contributed by atoms with Crippen LogP contribution in [-0.4, -0.2) is 38.1 Å². The third-order valence-corrected chi connectivity index (χ3v) is 2.86. The van der Waals surface area contributed by atoms with Gasteiger partial charge in [0.2, 0.25) is 5.91 Å². The summed E-state index contributed by atoms with van der Waals surface area (Å²) in [4.78, 5) is 12.9. The second-order valence-electron chi connectivity index (χ2n) is 4.53. The van der Waals surface area contributed by atoms with Gasteiger partial charge in [0.1, 0.15) is 0 Å². The molecular weight excluding hydrogens is 202 g/mol. The fourth-order valence-corrected chi connectivity index (χ4v) is 1.53. The van der Waals surface area contributed by atoms with Crippen LogP contribution >= 0.6 is 0 Å². The molecular formula is C13H27NO2. The zero-order chi connectivity index (χ0) is 12.4. The van der Waals surface area contributed by atoms with Crippen LogP contribution in [0.4, 0.5) is 0 Å². The van der Waals surface area contributed by atoms with Crippen molar-refractivity contribution in [2.24, 2.45) is 5.92 Å². The van der Waals surface area contributed by atoms with Gasteiger partial charge in [-0.05, 0) is 12.3 Å². The van der Waals surface area contributed by atoms with Gasteiger partial charge in [0, 0.05) is 20.7 Å². The molecule has 96 valence electrons. The number of unbranched alkanes of at least 4 members (excludes halogenated alkanes) is 1. The van der Waals surface area contributed by atoms with Crippen LogP contribution in [0.5, 0.6) is 0 Å². The number of hydrogen-bond donors (Lipinski definition) is 0. The molecule has 1 atom stereocenters. The molecule has 0 saturated carbocycles. The molecule has 0 aromatic heterocycles. The highest BCUT2D eigenvalue weighted by molar-refractivity contribution is 5.75. The Kier molecular flexibility index (Phi) is 9.30. The smallest absolute Gasteiger partial charge is 0.224 e. The largest absolute Gasteiger partial charge is 0.381 e. The minimum absolute atomic E-state index is 0.140. The Hall–Kier alpha value is -0.570. The molecule has 0 bridgehead atoms. The summed E-state index contributed by atoms with van der Waals surface area (Å²) in [6.07, 6.45) is 5.43. The summed E-state index contributed by atoms with van der Waals surface area (Å²) >= 11 is 0. The number of nitrogens with zero attached hydrogens (tertiary/aromatic N) is 1. The molecule has 0 aromatic rings. The van der Waals surface area contributed by atoms with Crippen molar-refractivity contribution >= 4 is 5.91 Å². The SMILES string of the molecule is CCCCC(CC)COCCC(=O)N(C)C. The lowest BCUT2D eigenvalue weighted by Crippen LogP contribution is -2.23. The molecule has 3 nitrogen and oxygen atoms in total. The predicted molar refractivity (Wildman–Crippen MR) is 67.4 cm³/mol. The van der Waals surface area contributed by atoms with Gasteiger partial charge in [0.05, 0.1) is 13.0 Å². The summed E-state index contributed by atoms with van der Waals surface area (Å²) in [5.41, 5.74) is 0. The van der Waals surface area contributed by atoms with Crippen LogP contribution in [0.2, 0.25) is 0 Å². The predicted octanol–water partition coefficient (Wildman–Crippen LogP) is 2.70. The highest BCUT2D eigenvalue weighted by Gasteiger charge is 2.07. The van der Waals surface area contributed by atoms with Crippen molar-refractivity contribution in [3.8, 4) is 0 Å². The summed E-state index contributed by atoms with van der Waals surface area (Å²) < 4.78 is 5.56. The highest BCUT2D eigenvalue weighted by atomic mass is 16.5. The van der Waals surface area contributed by atoms with Gasteiger partial charge in [-0.25, -0.2) is 0 Å². The van der Waals surface area contributed by atoms with Crippen LogP contribution in [0.1, 0.15) is 46.0 Å². The number of rotatable bonds is 9. The van der Waals surface area contributed by atoms with Gasteiger partial charge in [-0.3, -0.25) is 4.79 Å². The quantitative estimate of drug-likeness (QED) is 0.569. The maximum Gasteiger partial charge on any atom is 0.224 e. The number of hydrogen-bond acceptors (Lipinski definition) is 2. The summed E-state index contributed by atoms with van der Waals surface area (Å²) in [7, 11) is 3.55. The lowest BCUT2D eigenvalue weighted by atomic mass is 10.0.